The fourth-order valence-corrected chi connectivity index (χ4v) is 3.21. The van der Waals surface area contributed by atoms with Crippen molar-refractivity contribution in [1.82, 2.24) is 4.98 Å². The minimum Gasteiger partial charge on any atom is -0.383 e. The molecule has 0 radical (unpaired) electrons. The van der Waals surface area contributed by atoms with Gasteiger partial charge >= 0.3 is 0 Å². The lowest BCUT2D eigenvalue weighted by Gasteiger charge is -2.19. The Morgan fingerprint density at radius 2 is 2.25 bits per heavy atom. The molecule has 0 atom stereocenters. The monoisotopic (exact) mass is 240 g/mol. The first kappa shape index (κ1) is 11.9. The van der Waals surface area contributed by atoms with E-state index in [1.54, 1.807) is 7.11 Å². The maximum Gasteiger partial charge on any atom is 0.182 e. The van der Waals surface area contributed by atoms with E-state index in [1.807, 2.05) is 11.3 Å². The van der Waals surface area contributed by atoms with E-state index in [9.17, 15) is 0 Å². The molecule has 2 rings (SSSR count). The van der Waals surface area contributed by atoms with E-state index in [2.05, 4.69) is 16.5 Å². The van der Waals surface area contributed by atoms with Crippen LogP contribution in [0.15, 0.2) is 6.20 Å². The topological polar surface area (TPSA) is 34.1 Å². The highest BCUT2D eigenvalue weighted by Crippen LogP contribution is 2.36. The average molecular weight is 240 g/mol. The Hall–Kier alpha value is -0.610. The zero-order valence-electron chi connectivity index (χ0n) is 9.87. The van der Waals surface area contributed by atoms with Gasteiger partial charge in [-0.05, 0) is 18.8 Å². The van der Waals surface area contributed by atoms with Gasteiger partial charge in [0.15, 0.2) is 5.13 Å². The minimum absolute atomic E-state index is 0.734. The Kier molecular flexibility index (Phi) is 4.60. The van der Waals surface area contributed by atoms with Crippen LogP contribution in [0.1, 0.15) is 42.9 Å². The van der Waals surface area contributed by atoms with Gasteiger partial charge in [0.1, 0.15) is 0 Å². The molecule has 0 bridgehead atoms. The van der Waals surface area contributed by atoms with Crippen LogP contribution in [-0.2, 0) is 4.74 Å². The first-order valence-electron chi connectivity index (χ1n) is 6.08. The summed E-state index contributed by atoms with van der Waals surface area (Å²) in [6.07, 6.45) is 8.92. The summed E-state index contributed by atoms with van der Waals surface area (Å²) in [5.41, 5.74) is 0. The van der Waals surface area contributed by atoms with E-state index in [0.717, 1.165) is 24.2 Å². The number of hydrogen-bond donors (Lipinski definition) is 1. The van der Waals surface area contributed by atoms with Gasteiger partial charge in [0.25, 0.3) is 0 Å². The summed E-state index contributed by atoms with van der Waals surface area (Å²) in [6.45, 7) is 1.58. The largest absolute Gasteiger partial charge is 0.383 e. The van der Waals surface area contributed by atoms with Crippen molar-refractivity contribution in [3.8, 4) is 0 Å². The van der Waals surface area contributed by atoms with Gasteiger partial charge < -0.3 is 10.1 Å². The van der Waals surface area contributed by atoms with Gasteiger partial charge in [-0.25, -0.2) is 4.98 Å². The van der Waals surface area contributed by atoms with Crippen LogP contribution in [0.4, 0.5) is 5.13 Å². The van der Waals surface area contributed by atoms with Crippen LogP contribution < -0.4 is 5.32 Å². The molecule has 90 valence electrons. The number of anilines is 1. The molecule has 1 aliphatic carbocycles. The number of nitrogens with one attached hydrogen (secondary N) is 1. The van der Waals surface area contributed by atoms with Gasteiger partial charge in [-0.3, -0.25) is 0 Å². The van der Waals surface area contributed by atoms with Crippen molar-refractivity contribution in [2.45, 2.75) is 38.0 Å². The molecular formula is C12H20N2OS. The van der Waals surface area contributed by atoms with E-state index in [0.29, 0.717) is 0 Å². The summed E-state index contributed by atoms with van der Waals surface area (Å²) < 4.78 is 5.00. The Bertz CT molecular complexity index is 308. The van der Waals surface area contributed by atoms with Crippen molar-refractivity contribution in [3.63, 3.8) is 0 Å². The predicted octanol–water partition coefficient (Wildman–Crippen LogP) is 3.25. The van der Waals surface area contributed by atoms with Crippen LogP contribution >= 0.6 is 11.3 Å². The van der Waals surface area contributed by atoms with Crippen molar-refractivity contribution < 1.29 is 4.74 Å². The lowest BCUT2D eigenvalue weighted by atomic mass is 9.89. The van der Waals surface area contributed by atoms with E-state index in [1.165, 1.54) is 37.0 Å². The Labute approximate surface area is 101 Å². The van der Waals surface area contributed by atoms with Crippen LogP contribution in [0, 0.1) is 0 Å². The second-order valence-electron chi connectivity index (χ2n) is 4.32. The molecule has 0 saturated heterocycles. The number of thiazole rings is 1. The second-order valence-corrected chi connectivity index (χ2v) is 5.38. The van der Waals surface area contributed by atoms with Crippen LogP contribution in [0.3, 0.4) is 0 Å². The second kappa shape index (κ2) is 6.21. The molecule has 1 N–H and O–H groups in total. The summed E-state index contributed by atoms with van der Waals surface area (Å²) in [4.78, 5) is 5.87. The number of aromatic nitrogens is 1. The summed E-state index contributed by atoms with van der Waals surface area (Å²) >= 11 is 1.81. The molecular weight excluding hydrogens is 220 g/mol. The number of ether oxygens (including phenoxy) is 1. The molecule has 16 heavy (non-hydrogen) atoms. The summed E-state index contributed by atoms with van der Waals surface area (Å²) in [5, 5.41) is 4.33. The highest BCUT2D eigenvalue weighted by atomic mass is 32.1. The van der Waals surface area contributed by atoms with Gasteiger partial charge in [-0.2, -0.15) is 0 Å². The van der Waals surface area contributed by atoms with E-state index in [4.69, 9.17) is 4.74 Å². The maximum absolute atomic E-state index is 5.00. The van der Waals surface area contributed by atoms with Gasteiger partial charge in [-0.15, -0.1) is 11.3 Å². The van der Waals surface area contributed by atoms with Crippen molar-refractivity contribution in [2.75, 3.05) is 25.6 Å². The molecule has 1 aromatic heterocycles. The summed E-state index contributed by atoms with van der Waals surface area (Å²) in [5.74, 6) is 0.768. The molecule has 1 saturated carbocycles. The molecule has 1 heterocycles. The normalized spacial score (nSPS) is 17.6. The number of nitrogens with zero attached hydrogens (tertiary/aromatic N) is 1. The molecule has 0 aromatic carbocycles. The van der Waals surface area contributed by atoms with E-state index < -0.39 is 0 Å². The number of hydrogen-bond acceptors (Lipinski definition) is 4. The fraction of sp³-hybridized carbons (Fsp3) is 0.750. The fourth-order valence-electron chi connectivity index (χ4n) is 2.20. The summed E-state index contributed by atoms with van der Waals surface area (Å²) in [7, 11) is 1.72. The molecule has 0 amide bonds. The molecule has 0 aliphatic heterocycles. The van der Waals surface area contributed by atoms with Gasteiger partial charge in [-0.1, -0.05) is 19.3 Å². The van der Waals surface area contributed by atoms with Crippen molar-refractivity contribution in [2.24, 2.45) is 0 Å². The number of rotatable bonds is 5. The van der Waals surface area contributed by atoms with Crippen LogP contribution in [-0.4, -0.2) is 25.2 Å². The maximum atomic E-state index is 5.00. The van der Waals surface area contributed by atoms with Gasteiger partial charge in [0, 0.05) is 24.7 Å². The van der Waals surface area contributed by atoms with Gasteiger partial charge in [0.05, 0.1) is 6.61 Å². The van der Waals surface area contributed by atoms with Crippen molar-refractivity contribution in [3.05, 3.63) is 11.1 Å². The molecule has 1 aromatic rings. The third-order valence-corrected chi connectivity index (χ3v) is 4.23. The molecule has 0 spiro atoms. The lowest BCUT2D eigenvalue weighted by molar-refractivity contribution is 0.211. The zero-order chi connectivity index (χ0) is 11.2. The Morgan fingerprint density at radius 3 is 3.00 bits per heavy atom. The minimum atomic E-state index is 0.734. The third kappa shape index (κ3) is 3.19. The smallest absolute Gasteiger partial charge is 0.182 e. The SMILES string of the molecule is COCCNc1ncc(C2CCCCC2)s1. The quantitative estimate of drug-likeness (QED) is 0.802. The lowest BCUT2D eigenvalue weighted by Crippen LogP contribution is -2.06. The summed E-state index contributed by atoms with van der Waals surface area (Å²) in [6, 6.07) is 0. The first-order chi connectivity index (χ1) is 7.90. The Balaban J connectivity index is 1.85. The zero-order valence-corrected chi connectivity index (χ0v) is 10.7. The average Bonchev–Trinajstić information content (AvgIpc) is 2.79. The van der Waals surface area contributed by atoms with Crippen LogP contribution in [0.25, 0.3) is 0 Å². The highest BCUT2D eigenvalue weighted by molar-refractivity contribution is 7.15. The Morgan fingerprint density at radius 1 is 1.44 bits per heavy atom. The molecule has 4 heteroatoms. The molecule has 1 fully saturated rings. The number of methoxy groups -OCH3 is 1. The third-order valence-electron chi connectivity index (χ3n) is 3.11. The van der Waals surface area contributed by atoms with Crippen molar-refractivity contribution in [1.29, 1.82) is 0 Å². The van der Waals surface area contributed by atoms with Crippen LogP contribution in [0.2, 0.25) is 0 Å². The van der Waals surface area contributed by atoms with E-state index in [-0.39, 0.29) is 0 Å². The first-order valence-corrected chi connectivity index (χ1v) is 6.90. The molecule has 0 unspecified atom stereocenters. The molecule has 1 aliphatic rings. The van der Waals surface area contributed by atoms with Crippen LogP contribution in [0.5, 0.6) is 0 Å². The highest BCUT2D eigenvalue weighted by Gasteiger charge is 2.17. The van der Waals surface area contributed by atoms with E-state index >= 15 is 0 Å². The predicted molar refractivity (Wildman–Crippen MR) is 68.3 cm³/mol. The van der Waals surface area contributed by atoms with Gasteiger partial charge in [0.2, 0.25) is 0 Å². The van der Waals surface area contributed by atoms with Crippen molar-refractivity contribution >= 4 is 16.5 Å². The standard InChI is InChI=1S/C12H20N2OS/c1-15-8-7-13-12-14-9-11(16-12)10-5-3-2-4-6-10/h9-10H,2-8H2,1H3,(H,13,14). The molecule has 3 nitrogen and oxygen atoms in total.